The van der Waals surface area contributed by atoms with Crippen molar-refractivity contribution < 1.29 is 68.5 Å². The molecule has 0 aliphatic rings. The van der Waals surface area contributed by atoms with Crippen molar-refractivity contribution >= 4 is 10.4 Å². The van der Waals surface area contributed by atoms with Crippen molar-refractivity contribution in [1.82, 2.24) is 0 Å². The summed E-state index contributed by atoms with van der Waals surface area (Å²) < 4.78 is 36.1. The van der Waals surface area contributed by atoms with Gasteiger partial charge in [-0.1, -0.05) is 71.6 Å². The predicted octanol–water partition coefficient (Wildman–Crippen LogP) is 1.41. The van der Waals surface area contributed by atoms with Gasteiger partial charge < -0.3 is 4.55 Å². The van der Waals surface area contributed by atoms with E-state index in [-0.39, 0.29) is 63.9 Å². The molecule has 0 saturated carbocycles. The van der Waals surface area contributed by atoms with Crippen molar-refractivity contribution in [2.45, 2.75) is 84.5 Å². The Kier molecular flexibility index (Phi) is 19.3. The Morgan fingerprint density at radius 1 is 0.857 bits per heavy atom. The fraction of sp³-hybridized carbons (Fsp3) is 1.00. The van der Waals surface area contributed by atoms with E-state index >= 15 is 0 Å². The van der Waals surface area contributed by atoms with E-state index in [4.69, 9.17) is 0 Å². The molecule has 0 heterocycles. The molecule has 1 unspecified atom stereocenters. The van der Waals surface area contributed by atoms with Crippen LogP contribution in [0.25, 0.3) is 0 Å². The zero-order valence-corrected chi connectivity index (χ0v) is 18.0. The standard InChI is InChI=1S/C15H32O4S.K/c1-3-5-7-9-11-13-15(12-10-8-6-4-2)14-19-20(16,17)18;/h15H,3-14H2,1-2H3,(H,16,17,18);/q;+1/p-1. The Morgan fingerprint density at radius 2 is 1.29 bits per heavy atom. The van der Waals surface area contributed by atoms with E-state index in [0.717, 1.165) is 25.7 Å². The molecule has 0 saturated heterocycles. The molecule has 0 aliphatic heterocycles. The van der Waals surface area contributed by atoms with E-state index in [0.29, 0.717) is 0 Å². The summed E-state index contributed by atoms with van der Waals surface area (Å²) in [6.07, 6.45) is 12.6. The van der Waals surface area contributed by atoms with E-state index in [9.17, 15) is 13.0 Å². The maximum absolute atomic E-state index is 10.5. The minimum atomic E-state index is -4.54. The Hall–Kier alpha value is 1.51. The minimum absolute atomic E-state index is 0. The number of hydrogen-bond donors (Lipinski definition) is 0. The summed E-state index contributed by atoms with van der Waals surface area (Å²) in [7, 11) is -4.54. The Morgan fingerprint density at radius 3 is 1.71 bits per heavy atom. The van der Waals surface area contributed by atoms with Crippen molar-refractivity contribution in [2.24, 2.45) is 5.92 Å². The molecule has 0 bridgehead atoms. The summed E-state index contributed by atoms with van der Waals surface area (Å²) in [5, 5.41) is 0. The van der Waals surface area contributed by atoms with Gasteiger partial charge in [0, 0.05) is 0 Å². The van der Waals surface area contributed by atoms with E-state index in [1.165, 1.54) is 44.9 Å². The van der Waals surface area contributed by atoms with E-state index in [1.54, 1.807) is 0 Å². The monoisotopic (exact) mass is 346 g/mol. The number of hydrogen-bond acceptors (Lipinski definition) is 4. The second-order valence-corrected chi connectivity index (χ2v) is 6.66. The van der Waals surface area contributed by atoms with Crippen LogP contribution >= 0.6 is 0 Å². The Labute approximate surface area is 174 Å². The van der Waals surface area contributed by atoms with Crippen LogP contribution in [0.1, 0.15) is 84.5 Å². The summed E-state index contributed by atoms with van der Waals surface area (Å²) in [6, 6.07) is 0. The molecule has 1 atom stereocenters. The van der Waals surface area contributed by atoms with Crippen molar-refractivity contribution in [3.63, 3.8) is 0 Å². The van der Waals surface area contributed by atoms with Gasteiger partial charge in [0.25, 0.3) is 0 Å². The van der Waals surface area contributed by atoms with Gasteiger partial charge in [0.1, 0.15) is 0 Å². The molecular weight excluding hydrogens is 315 g/mol. The largest absolute Gasteiger partial charge is 1.00 e. The molecule has 0 amide bonds. The third-order valence-electron chi connectivity index (χ3n) is 3.63. The molecule has 21 heavy (non-hydrogen) atoms. The van der Waals surface area contributed by atoms with Gasteiger partial charge in [-0.25, -0.2) is 8.42 Å². The van der Waals surface area contributed by atoms with Crippen LogP contribution in [0.15, 0.2) is 0 Å². The summed E-state index contributed by atoms with van der Waals surface area (Å²) in [5.41, 5.74) is 0. The summed E-state index contributed by atoms with van der Waals surface area (Å²) >= 11 is 0. The SMILES string of the molecule is CCCCCCCC(CCCCCC)COS(=O)(=O)[O-].[K+]. The zero-order valence-electron chi connectivity index (χ0n) is 14.1. The molecule has 6 heteroatoms. The van der Waals surface area contributed by atoms with Crippen LogP contribution in [0, 0.1) is 5.92 Å². The Balaban J connectivity index is 0. The molecule has 122 valence electrons. The number of unbranched alkanes of at least 4 members (excludes halogenated alkanes) is 7. The average molecular weight is 347 g/mol. The molecule has 0 aromatic heterocycles. The van der Waals surface area contributed by atoms with Gasteiger partial charge in [-0.2, -0.15) is 0 Å². The van der Waals surface area contributed by atoms with Gasteiger partial charge in [0.2, 0.25) is 10.4 Å². The van der Waals surface area contributed by atoms with Gasteiger partial charge in [-0.3, -0.25) is 4.18 Å². The van der Waals surface area contributed by atoms with Gasteiger partial charge in [-0.15, -0.1) is 0 Å². The maximum atomic E-state index is 10.5. The van der Waals surface area contributed by atoms with E-state index in [1.807, 2.05) is 0 Å². The van der Waals surface area contributed by atoms with Crippen LogP contribution in [0.3, 0.4) is 0 Å². The number of rotatable bonds is 14. The Bertz CT molecular complexity index is 307. The average Bonchev–Trinajstić information content (AvgIpc) is 2.38. The molecule has 0 rings (SSSR count). The fourth-order valence-electron chi connectivity index (χ4n) is 2.39. The van der Waals surface area contributed by atoms with Gasteiger partial charge in [0.05, 0.1) is 6.61 Å². The second-order valence-electron chi connectivity index (χ2n) is 5.61. The molecule has 0 aromatic carbocycles. The summed E-state index contributed by atoms with van der Waals surface area (Å²) in [5.74, 6) is 0.206. The van der Waals surface area contributed by atoms with Crippen molar-refractivity contribution in [2.75, 3.05) is 6.61 Å². The van der Waals surface area contributed by atoms with E-state index < -0.39 is 10.4 Å². The third kappa shape index (κ3) is 19.5. The second kappa shape index (κ2) is 16.4. The molecule has 0 spiro atoms. The van der Waals surface area contributed by atoms with Crippen LogP contribution in [0.2, 0.25) is 0 Å². The molecule has 0 radical (unpaired) electrons. The van der Waals surface area contributed by atoms with Gasteiger partial charge >= 0.3 is 51.4 Å². The molecule has 0 aliphatic carbocycles. The first-order valence-corrected chi connectivity index (χ1v) is 9.43. The van der Waals surface area contributed by atoms with Crippen LogP contribution in [-0.2, 0) is 14.6 Å². The van der Waals surface area contributed by atoms with Crippen LogP contribution in [0.4, 0.5) is 0 Å². The minimum Gasteiger partial charge on any atom is -0.726 e. The van der Waals surface area contributed by atoms with Crippen LogP contribution in [-0.4, -0.2) is 19.6 Å². The maximum Gasteiger partial charge on any atom is 1.00 e. The molecule has 4 nitrogen and oxygen atoms in total. The van der Waals surface area contributed by atoms with Crippen molar-refractivity contribution in [1.29, 1.82) is 0 Å². The zero-order chi connectivity index (χ0) is 15.3. The van der Waals surface area contributed by atoms with Gasteiger partial charge in [-0.05, 0) is 18.8 Å². The molecule has 0 aromatic rings. The molecule has 0 fully saturated rings. The van der Waals surface area contributed by atoms with Crippen LogP contribution in [0.5, 0.6) is 0 Å². The first-order valence-electron chi connectivity index (χ1n) is 8.09. The topological polar surface area (TPSA) is 66.4 Å². The van der Waals surface area contributed by atoms with E-state index in [2.05, 4.69) is 18.0 Å². The predicted molar refractivity (Wildman–Crippen MR) is 81.3 cm³/mol. The quantitative estimate of drug-likeness (QED) is 0.206. The molecular formula is C15H31KO4S. The van der Waals surface area contributed by atoms with Gasteiger partial charge in [0.15, 0.2) is 0 Å². The fourth-order valence-corrected chi connectivity index (χ4v) is 2.75. The smallest absolute Gasteiger partial charge is 0.726 e. The van der Waals surface area contributed by atoms with Crippen molar-refractivity contribution in [3.8, 4) is 0 Å². The summed E-state index contributed by atoms with van der Waals surface area (Å²) in [6.45, 7) is 4.41. The first kappa shape index (κ1) is 24.8. The molecule has 0 N–H and O–H groups in total. The summed E-state index contributed by atoms with van der Waals surface area (Å²) in [4.78, 5) is 0. The van der Waals surface area contributed by atoms with Crippen LogP contribution < -0.4 is 51.4 Å². The normalized spacial score (nSPS) is 12.9. The first-order chi connectivity index (χ1) is 9.49. The third-order valence-corrected chi connectivity index (χ3v) is 4.05. The van der Waals surface area contributed by atoms with Crippen molar-refractivity contribution in [3.05, 3.63) is 0 Å².